The van der Waals surface area contributed by atoms with Crippen molar-refractivity contribution in [3.8, 4) is 0 Å². The van der Waals surface area contributed by atoms with E-state index in [9.17, 15) is 9.59 Å². The van der Waals surface area contributed by atoms with Gasteiger partial charge in [-0.05, 0) is 0 Å². The third-order valence-corrected chi connectivity index (χ3v) is 1.14. The molecule has 2 amide bonds. The topological polar surface area (TPSA) is 58.2 Å². The Morgan fingerprint density at radius 2 is 1.62 bits per heavy atom. The van der Waals surface area contributed by atoms with Crippen LogP contribution in [0.15, 0.2) is 0 Å². The van der Waals surface area contributed by atoms with Crippen LogP contribution in [-0.4, -0.2) is 24.9 Å². The predicted octanol–water partition coefficient (Wildman–Crippen LogP) is 1.17. The summed E-state index contributed by atoms with van der Waals surface area (Å²) < 4.78 is 0. The number of carbonyl (C=O) groups is 2. The molecule has 4 heteroatoms. The molecule has 4 nitrogen and oxygen atoms in total. The number of carbonyl (C=O) groups excluding carboxylic acids is 2. The zero-order valence-corrected chi connectivity index (χ0v) is 8.94. The van der Waals surface area contributed by atoms with Gasteiger partial charge in [-0.25, -0.2) is 0 Å². The second-order valence-electron chi connectivity index (χ2n) is 2.19. The highest BCUT2D eigenvalue weighted by atomic mass is 16.2. The van der Waals surface area contributed by atoms with Crippen molar-refractivity contribution >= 4 is 11.8 Å². The van der Waals surface area contributed by atoms with E-state index >= 15 is 0 Å². The van der Waals surface area contributed by atoms with Gasteiger partial charge in [0.25, 0.3) is 0 Å². The summed E-state index contributed by atoms with van der Waals surface area (Å²) in [5.74, 6) is -0.0638. The minimum atomic E-state index is -0.0734. The fourth-order valence-corrected chi connectivity index (χ4v) is 0.565. The summed E-state index contributed by atoms with van der Waals surface area (Å²) in [6.07, 6.45) is 0.486. The van der Waals surface area contributed by atoms with Gasteiger partial charge in [-0.15, -0.1) is 0 Å². The average Bonchev–Trinajstić information content (AvgIpc) is 2.15. The van der Waals surface area contributed by atoms with Crippen LogP contribution in [0.3, 0.4) is 0 Å². The van der Waals surface area contributed by atoms with E-state index in [1.807, 2.05) is 13.8 Å². The van der Waals surface area contributed by atoms with Gasteiger partial charge in [-0.3, -0.25) is 9.59 Å². The van der Waals surface area contributed by atoms with E-state index in [1.54, 1.807) is 6.92 Å². The first-order chi connectivity index (χ1) is 6.16. The van der Waals surface area contributed by atoms with Crippen LogP contribution in [0.25, 0.3) is 0 Å². The number of hydrogen-bond donors (Lipinski definition) is 2. The summed E-state index contributed by atoms with van der Waals surface area (Å²) in [5, 5.41) is 5.21. The van der Waals surface area contributed by atoms with E-state index in [4.69, 9.17) is 0 Å². The van der Waals surface area contributed by atoms with E-state index in [1.165, 1.54) is 6.92 Å². The summed E-state index contributed by atoms with van der Waals surface area (Å²) in [6.45, 7) is 8.24. The van der Waals surface area contributed by atoms with Crippen molar-refractivity contribution < 1.29 is 12.4 Å². The number of hydrogen-bond acceptors (Lipinski definition) is 2. The van der Waals surface area contributed by atoms with E-state index in [0.29, 0.717) is 19.5 Å². The van der Waals surface area contributed by atoms with Crippen LogP contribution in [0.2, 0.25) is 0 Å². The smallest absolute Gasteiger partial charge is 0.219 e. The summed E-state index contributed by atoms with van der Waals surface area (Å²) in [7, 11) is 0. The third kappa shape index (κ3) is 13.9. The Kier molecular flexibility index (Phi) is 12.2. The summed E-state index contributed by atoms with van der Waals surface area (Å²) in [5.41, 5.74) is 0. The van der Waals surface area contributed by atoms with Crippen molar-refractivity contribution in [1.29, 1.82) is 0 Å². The van der Waals surface area contributed by atoms with Gasteiger partial charge in [-0.2, -0.15) is 0 Å². The van der Waals surface area contributed by atoms with Crippen molar-refractivity contribution in [1.82, 2.24) is 10.6 Å². The molecule has 0 unspecified atom stereocenters. The van der Waals surface area contributed by atoms with Gasteiger partial charge in [0, 0.05) is 29.3 Å². The van der Waals surface area contributed by atoms with Crippen LogP contribution in [0.1, 0.15) is 37.0 Å². The zero-order chi connectivity index (χ0) is 10.7. The van der Waals surface area contributed by atoms with Crippen LogP contribution in [-0.2, 0) is 9.59 Å². The van der Waals surface area contributed by atoms with Gasteiger partial charge in [0.2, 0.25) is 11.8 Å². The number of nitrogens with one attached hydrogen (secondary N) is 2. The van der Waals surface area contributed by atoms with Crippen LogP contribution >= 0.6 is 0 Å². The van der Waals surface area contributed by atoms with Gasteiger partial charge in [0.15, 0.2) is 0 Å². The molecular weight excluding hydrogens is 168 g/mol. The molecule has 13 heavy (non-hydrogen) atoms. The second-order valence-corrected chi connectivity index (χ2v) is 2.19. The molecule has 0 spiro atoms. The van der Waals surface area contributed by atoms with Gasteiger partial charge in [0.05, 0.1) is 0 Å². The normalized spacial score (nSPS) is 8.00. The first-order valence-electron chi connectivity index (χ1n) is 4.68. The Morgan fingerprint density at radius 3 is 2.00 bits per heavy atom. The average molecular weight is 192 g/mol. The molecule has 0 radical (unpaired) electrons. The van der Waals surface area contributed by atoms with Crippen molar-refractivity contribution in [2.75, 3.05) is 13.1 Å². The molecule has 0 aromatic rings. The monoisotopic (exact) mass is 192 g/mol. The first kappa shape index (κ1) is 14.5. The van der Waals surface area contributed by atoms with Crippen LogP contribution < -0.4 is 10.6 Å². The highest BCUT2D eigenvalue weighted by molar-refractivity contribution is 5.75. The lowest BCUT2D eigenvalue weighted by Gasteiger charge is -2.02. The molecule has 0 aliphatic rings. The van der Waals surface area contributed by atoms with Crippen LogP contribution in [0, 0.1) is 0 Å². The van der Waals surface area contributed by atoms with Gasteiger partial charge >= 0.3 is 0 Å². The van der Waals surface area contributed by atoms with Crippen LogP contribution in [0.4, 0.5) is 0 Å². The van der Waals surface area contributed by atoms with Crippen molar-refractivity contribution in [3.05, 3.63) is 0 Å². The maximum Gasteiger partial charge on any atom is 0.219 e. The highest BCUT2D eigenvalue weighted by Crippen LogP contribution is 1.72. The minimum Gasteiger partial charge on any atom is -0.355 e. The molecule has 0 fully saturated rings. The zero-order valence-electron chi connectivity index (χ0n) is 8.94. The largest absolute Gasteiger partial charge is 0.355 e. The Bertz CT molecular complexity index is 155. The quantitative estimate of drug-likeness (QED) is 0.657. The van der Waals surface area contributed by atoms with Crippen molar-refractivity contribution in [3.63, 3.8) is 0 Å². The molecular formula is C9H24N2O2. The summed E-state index contributed by atoms with van der Waals surface area (Å²) in [6, 6.07) is 0. The Morgan fingerprint density at radius 1 is 1.15 bits per heavy atom. The predicted molar refractivity (Wildman–Crippen MR) is 57.6 cm³/mol. The maximum absolute atomic E-state index is 10.6. The molecule has 0 aromatic carbocycles. The Balaban J connectivity index is -0.000000142. The molecule has 0 atom stereocenters. The third-order valence-electron chi connectivity index (χ3n) is 1.14. The maximum atomic E-state index is 10.6. The molecule has 0 aromatic heterocycles. The lowest BCUT2D eigenvalue weighted by atomic mass is 10.4. The lowest BCUT2D eigenvalue weighted by molar-refractivity contribution is -0.121. The lowest BCUT2D eigenvalue weighted by Crippen LogP contribution is -2.33. The number of amides is 2. The molecule has 0 aliphatic heterocycles. The fourth-order valence-electron chi connectivity index (χ4n) is 0.565. The number of rotatable bonds is 4. The minimum absolute atomic E-state index is 0. The summed E-state index contributed by atoms with van der Waals surface area (Å²) >= 11 is 0. The van der Waals surface area contributed by atoms with Gasteiger partial charge < -0.3 is 10.6 Å². The molecule has 0 heterocycles. The Labute approximate surface area is 83.1 Å². The van der Waals surface area contributed by atoms with E-state index in [2.05, 4.69) is 10.6 Å². The van der Waals surface area contributed by atoms with E-state index in [0.717, 1.165) is 0 Å². The fraction of sp³-hybridized carbons (Fsp3) is 0.778. The van der Waals surface area contributed by atoms with E-state index < -0.39 is 0 Å². The van der Waals surface area contributed by atoms with Crippen molar-refractivity contribution in [2.45, 2.75) is 34.1 Å². The molecule has 2 N–H and O–H groups in total. The standard InChI is InChI=1S/C7H14N2O2.C2H6.2H2/c1-3-7(11)9-5-4-8-6(2)10;1-2;;/h3-5H2,1-2H3,(H,8,10)(H,9,11);1-2H3;2*1H. The van der Waals surface area contributed by atoms with Crippen LogP contribution in [0.5, 0.6) is 0 Å². The summed E-state index contributed by atoms with van der Waals surface area (Å²) in [4.78, 5) is 21.0. The van der Waals surface area contributed by atoms with Gasteiger partial charge in [-0.1, -0.05) is 20.8 Å². The highest BCUT2D eigenvalue weighted by Gasteiger charge is 1.94. The molecule has 0 bridgehead atoms. The SMILES string of the molecule is CC.CCC(=O)NCCNC(C)=O.[HH].[HH]. The molecule has 0 saturated carbocycles. The molecule has 0 saturated heterocycles. The molecule has 82 valence electrons. The second kappa shape index (κ2) is 10.9. The first-order valence-corrected chi connectivity index (χ1v) is 4.68. The molecule has 0 aliphatic carbocycles. The van der Waals surface area contributed by atoms with Gasteiger partial charge in [0.1, 0.15) is 0 Å². The molecule has 0 rings (SSSR count). The Hall–Kier alpha value is -1.06. The van der Waals surface area contributed by atoms with E-state index in [-0.39, 0.29) is 14.7 Å². The van der Waals surface area contributed by atoms with Crippen molar-refractivity contribution in [2.24, 2.45) is 0 Å².